The molecular formula is C30H33BrN4O4. The number of carbonyl (C=O) groups is 2. The van der Waals surface area contributed by atoms with E-state index in [-0.39, 0.29) is 23.3 Å². The second kappa shape index (κ2) is 11.3. The molecule has 1 fully saturated rings. The van der Waals surface area contributed by atoms with Crippen molar-refractivity contribution in [3.05, 3.63) is 86.2 Å². The van der Waals surface area contributed by atoms with Gasteiger partial charge >= 0.3 is 0 Å². The Kier molecular flexibility index (Phi) is 7.79. The highest BCUT2D eigenvalue weighted by Crippen LogP contribution is 2.39. The van der Waals surface area contributed by atoms with Crippen LogP contribution in [0, 0.1) is 11.8 Å². The van der Waals surface area contributed by atoms with Crippen LogP contribution in [0.3, 0.4) is 0 Å². The number of halogens is 1. The summed E-state index contributed by atoms with van der Waals surface area (Å²) in [5, 5.41) is 6.03. The van der Waals surface area contributed by atoms with Crippen molar-refractivity contribution < 1.29 is 14.3 Å². The summed E-state index contributed by atoms with van der Waals surface area (Å²) in [6.07, 6.45) is 1.02. The molecule has 39 heavy (non-hydrogen) atoms. The first-order valence-electron chi connectivity index (χ1n) is 13.2. The minimum atomic E-state index is -0.309. The number of methoxy groups -OCH3 is 1. The summed E-state index contributed by atoms with van der Waals surface area (Å²) in [6, 6.07) is 16.2. The zero-order chi connectivity index (χ0) is 27.7. The van der Waals surface area contributed by atoms with Crippen molar-refractivity contribution in [1.29, 1.82) is 0 Å². The molecule has 0 saturated carbocycles. The Labute approximate surface area is 236 Å². The number of pyridine rings is 1. The van der Waals surface area contributed by atoms with Gasteiger partial charge in [-0.3, -0.25) is 14.4 Å². The number of nitrogens with one attached hydrogen (secondary N) is 2. The molecule has 2 N–H and O–H groups in total. The largest absolute Gasteiger partial charge is 0.497 e. The number of piperidine rings is 1. The summed E-state index contributed by atoms with van der Waals surface area (Å²) >= 11 is 3.48. The Bertz CT molecular complexity index is 1470. The van der Waals surface area contributed by atoms with Crippen molar-refractivity contribution in [3.63, 3.8) is 0 Å². The molecule has 3 heterocycles. The lowest BCUT2D eigenvalue weighted by atomic mass is 9.83. The molecule has 0 radical (unpaired) electrons. The molecule has 1 saturated heterocycles. The van der Waals surface area contributed by atoms with Gasteiger partial charge in [0.05, 0.1) is 24.0 Å². The van der Waals surface area contributed by atoms with Gasteiger partial charge in [0, 0.05) is 53.9 Å². The Morgan fingerprint density at radius 3 is 2.64 bits per heavy atom. The molecule has 2 aliphatic rings. The number of rotatable bonds is 7. The molecule has 3 aromatic rings. The van der Waals surface area contributed by atoms with Gasteiger partial charge in [-0.2, -0.15) is 0 Å². The van der Waals surface area contributed by atoms with E-state index >= 15 is 0 Å². The molecule has 5 rings (SSSR count). The first kappa shape index (κ1) is 27.0. The van der Waals surface area contributed by atoms with E-state index in [1.807, 2.05) is 42.7 Å². The van der Waals surface area contributed by atoms with E-state index in [4.69, 9.17) is 4.74 Å². The standard InChI is InChI=1S/C30H33BrN4O4/c1-18(2)14-32-29(37)20-7-10-27(25(12-20)33-30(38)23-13-22(39-3)8-9-24(23)31)34-15-19-11-21(17-34)26-5-4-6-28(36)35(26)16-19/h4-10,12-13,18-19,21H,11,14-17H2,1-3H3,(H,32,37)(H,33,38). The van der Waals surface area contributed by atoms with Crippen molar-refractivity contribution in [3.8, 4) is 5.75 Å². The lowest BCUT2D eigenvalue weighted by Gasteiger charge is -2.44. The van der Waals surface area contributed by atoms with Gasteiger partial charge in [-0.15, -0.1) is 0 Å². The first-order chi connectivity index (χ1) is 18.7. The van der Waals surface area contributed by atoms with Gasteiger partial charge < -0.3 is 24.8 Å². The number of anilines is 2. The number of hydrogen-bond acceptors (Lipinski definition) is 5. The van der Waals surface area contributed by atoms with Crippen LogP contribution in [0.5, 0.6) is 5.75 Å². The molecule has 9 heteroatoms. The summed E-state index contributed by atoms with van der Waals surface area (Å²) in [5.74, 6) is 0.912. The van der Waals surface area contributed by atoms with E-state index in [1.165, 1.54) is 0 Å². The van der Waals surface area contributed by atoms with Crippen molar-refractivity contribution >= 4 is 39.1 Å². The third kappa shape index (κ3) is 5.73. The fraction of sp³-hybridized carbons (Fsp3) is 0.367. The minimum absolute atomic E-state index is 0.0456. The minimum Gasteiger partial charge on any atom is -0.497 e. The van der Waals surface area contributed by atoms with Gasteiger partial charge in [0.15, 0.2) is 0 Å². The maximum Gasteiger partial charge on any atom is 0.257 e. The number of benzene rings is 2. The molecule has 2 aliphatic heterocycles. The SMILES string of the molecule is COc1ccc(Br)c(C(=O)Nc2cc(C(=O)NCC(C)C)ccc2N2CC3CC(C2)c2cccc(=O)n2C3)c1. The Hall–Kier alpha value is -3.59. The maximum atomic E-state index is 13.5. The first-order valence-corrected chi connectivity index (χ1v) is 14.0. The van der Waals surface area contributed by atoms with Crippen LogP contribution < -0.4 is 25.8 Å². The maximum absolute atomic E-state index is 13.5. The summed E-state index contributed by atoms with van der Waals surface area (Å²) in [5.41, 5.74) is 3.43. The second-order valence-corrected chi connectivity index (χ2v) is 11.6. The molecule has 2 atom stereocenters. The number of amides is 2. The molecular weight excluding hydrogens is 560 g/mol. The van der Waals surface area contributed by atoms with Crippen molar-refractivity contribution in [2.45, 2.75) is 32.7 Å². The van der Waals surface area contributed by atoms with Crippen LogP contribution in [0.1, 0.15) is 52.6 Å². The molecule has 0 aliphatic carbocycles. The van der Waals surface area contributed by atoms with E-state index in [0.717, 1.165) is 24.3 Å². The van der Waals surface area contributed by atoms with E-state index in [0.29, 0.717) is 58.5 Å². The van der Waals surface area contributed by atoms with Crippen LogP contribution in [-0.2, 0) is 6.54 Å². The van der Waals surface area contributed by atoms with Crippen molar-refractivity contribution in [2.24, 2.45) is 11.8 Å². The van der Waals surface area contributed by atoms with Crippen LogP contribution in [0.2, 0.25) is 0 Å². The number of carbonyl (C=O) groups excluding carboxylic acids is 2. The third-order valence-corrected chi connectivity index (χ3v) is 8.11. The molecule has 1 aromatic heterocycles. The second-order valence-electron chi connectivity index (χ2n) is 10.7. The van der Waals surface area contributed by atoms with Crippen LogP contribution in [0.15, 0.2) is 63.9 Å². The topological polar surface area (TPSA) is 92.7 Å². The van der Waals surface area contributed by atoms with Crippen LogP contribution >= 0.6 is 15.9 Å². The zero-order valence-electron chi connectivity index (χ0n) is 22.4. The Morgan fingerprint density at radius 2 is 1.87 bits per heavy atom. The molecule has 2 aromatic carbocycles. The van der Waals surface area contributed by atoms with E-state index in [1.54, 1.807) is 37.4 Å². The summed E-state index contributed by atoms with van der Waals surface area (Å²) in [6.45, 7) is 6.79. The highest BCUT2D eigenvalue weighted by atomic mass is 79.9. The number of fused-ring (bicyclic) bond motifs is 4. The predicted molar refractivity (Wildman–Crippen MR) is 156 cm³/mol. The van der Waals surface area contributed by atoms with Gasteiger partial charge in [-0.1, -0.05) is 19.9 Å². The lowest BCUT2D eigenvalue weighted by molar-refractivity contribution is 0.0947. The molecule has 2 amide bonds. The summed E-state index contributed by atoms with van der Waals surface area (Å²) < 4.78 is 7.86. The fourth-order valence-electron chi connectivity index (χ4n) is 5.54. The quantitative estimate of drug-likeness (QED) is 0.408. The molecule has 2 unspecified atom stereocenters. The van der Waals surface area contributed by atoms with E-state index in [9.17, 15) is 14.4 Å². The van der Waals surface area contributed by atoms with Crippen LogP contribution in [-0.4, -0.2) is 43.1 Å². The normalized spacial score (nSPS) is 17.9. The lowest BCUT2D eigenvalue weighted by Crippen LogP contribution is -2.47. The third-order valence-electron chi connectivity index (χ3n) is 7.42. The number of nitrogens with zero attached hydrogens (tertiary/aromatic N) is 2. The molecule has 8 nitrogen and oxygen atoms in total. The van der Waals surface area contributed by atoms with Gasteiger partial charge in [0.2, 0.25) is 0 Å². The van der Waals surface area contributed by atoms with Gasteiger partial charge in [-0.25, -0.2) is 0 Å². The van der Waals surface area contributed by atoms with Gasteiger partial charge in [-0.05, 0) is 76.7 Å². The fourth-order valence-corrected chi connectivity index (χ4v) is 5.97. The van der Waals surface area contributed by atoms with Crippen molar-refractivity contribution in [2.75, 3.05) is 37.0 Å². The number of aromatic nitrogens is 1. The average molecular weight is 594 g/mol. The number of hydrogen-bond donors (Lipinski definition) is 2. The van der Waals surface area contributed by atoms with Crippen molar-refractivity contribution in [1.82, 2.24) is 9.88 Å². The van der Waals surface area contributed by atoms with E-state index < -0.39 is 0 Å². The van der Waals surface area contributed by atoms with Gasteiger partial charge in [0.25, 0.3) is 17.4 Å². The summed E-state index contributed by atoms with van der Waals surface area (Å²) in [7, 11) is 1.56. The zero-order valence-corrected chi connectivity index (χ0v) is 24.0. The average Bonchev–Trinajstić information content (AvgIpc) is 2.92. The monoisotopic (exact) mass is 592 g/mol. The molecule has 204 valence electrons. The highest BCUT2D eigenvalue weighted by molar-refractivity contribution is 9.10. The smallest absolute Gasteiger partial charge is 0.257 e. The predicted octanol–water partition coefficient (Wildman–Crippen LogP) is 4.88. The highest BCUT2D eigenvalue weighted by Gasteiger charge is 2.35. The molecule has 0 spiro atoms. The Balaban J connectivity index is 1.49. The van der Waals surface area contributed by atoms with Crippen LogP contribution in [0.4, 0.5) is 11.4 Å². The van der Waals surface area contributed by atoms with E-state index in [2.05, 4.69) is 31.5 Å². The Morgan fingerprint density at radius 1 is 1.05 bits per heavy atom. The van der Waals surface area contributed by atoms with Gasteiger partial charge in [0.1, 0.15) is 5.75 Å². The summed E-state index contributed by atoms with van der Waals surface area (Å²) in [4.78, 5) is 41.1. The number of ether oxygens (including phenoxy) is 1. The van der Waals surface area contributed by atoms with Crippen LogP contribution in [0.25, 0.3) is 0 Å². The molecule has 2 bridgehead atoms.